The molecule has 6 nitrogen and oxygen atoms in total. The number of piperidine rings is 3. The number of piperazine rings is 1. The van der Waals surface area contributed by atoms with Crippen molar-refractivity contribution in [2.24, 2.45) is 11.8 Å². The Kier molecular flexibility index (Phi) is 9.34. The summed E-state index contributed by atoms with van der Waals surface area (Å²) in [5.74, 6) is 1.85. The molecule has 4 atom stereocenters. The summed E-state index contributed by atoms with van der Waals surface area (Å²) >= 11 is 0. The van der Waals surface area contributed by atoms with Crippen LogP contribution in [0, 0.1) is 11.8 Å². The van der Waals surface area contributed by atoms with Gasteiger partial charge in [-0.3, -0.25) is 14.6 Å². The molecule has 4 aliphatic rings. The lowest BCUT2D eigenvalue weighted by Gasteiger charge is -2.57. The second-order valence-electron chi connectivity index (χ2n) is 12.0. The maximum atomic E-state index is 12.6. The van der Waals surface area contributed by atoms with E-state index in [1.165, 1.54) is 50.9 Å². The average Bonchev–Trinajstić information content (AvgIpc) is 2.90. The van der Waals surface area contributed by atoms with Crippen molar-refractivity contribution in [1.29, 1.82) is 0 Å². The second-order valence-corrected chi connectivity index (χ2v) is 12.0. The summed E-state index contributed by atoms with van der Waals surface area (Å²) in [5, 5.41) is 3.21. The van der Waals surface area contributed by atoms with Crippen molar-refractivity contribution in [2.75, 3.05) is 66.0 Å². The fourth-order valence-electron chi connectivity index (χ4n) is 7.64. The quantitative estimate of drug-likeness (QED) is 0.505. The van der Waals surface area contributed by atoms with E-state index in [-0.39, 0.29) is 5.91 Å². The molecule has 1 aromatic carbocycles. The van der Waals surface area contributed by atoms with Gasteiger partial charge in [0.25, 0.3) is 0 Å². The van der Waals surface area contributed by atoms with Crippen LogP contribution in [-0.2, 0) is 11.3 Å². The highest BCUT2D eigenvalue weighted by atomic mass is 16.1. The number of amides is 1. The number of nitrogens with zero attached hydrogens (tertiary/aromatic N) is 4. The van der Waals surface area contributed by atoms with Crippen LogP contribution >= 0.6 is 0 Å². The van der Waals surface area contributed by atoms with Gasteiger partial charge in [0, 0.05) is 64.3 Å². The zero-order chi connectivity index (χ0) is 24.7. The molecule has 0 spiro atoms. The fraction of sp³-hybridized carbons (Fsp3) is 0.767. The lowest BCUT2D eigenvalue weighted by Crippen LogP contribution is -2.64. The molecule has 1 aromatic rings. The lowest BCUT2D eigenvalue weighted by atomic mass is 9.69. The summed E-state index contributed by atoms with van der Waals surface area (Å²) in [4.78, 5) is 23.2. The van der Waals surface area contributed by atoms with Crippen LogP contribution in [0.25, 0.3) is 0 Å². The van der Waals surface area contributed by atoms with Crippen LogP contribution in [0.4, 0.5) is 0 Å². The molecule has 4 aliphatic heterocycles. The summed E-state index contributed by atoms with van der Waals surface area (Å²) in [5.41, 5.74) is 1.43. The number of hydrogen-bond donors (Lipinski definition) is 1. The van der Waals surface area contributed by atoms with Gasteiger partial charge in [-0.1, -0.05) is 30.3 Å². The van der Waals surface area contributed by atoms with Crippen molar-refractivity contribution in [1.82, 2.24) is 24.9 Å². The summed E-state index contributed by atoms with van der Waals surface area (Å²) < 4.78 is 0. The number of likely N-dealkylation sites (tertiary alicyclic amines) is 1. The Morgan fingerprint density at radius 3 is 2.56 bits per heavy atom. The van der Waals surface area contributed by atoms with E-state index in [9.17, 15) is 4.79 Å². The summed E-state index contributed by atoms with van der Waals surface area (Å²) in [6.45, 7) is 11.5. The van der Waals surface area contributed by atoms with Gasteiger partial charge in [-0.2, -0.15) is 0 Å². The van der Waals surface area contributed by atoms with Gasteiger partial charge in [0.1, 0.15) is 0 Å². The molecule has 200 valence electrons. The first-order valence-electron chi connectivity index (χ1n) is 14.9. The van der Waals surface area contributed by atoms with Gasteiger partial charge in [-0.15, -0.1) is 0 Å². The molecule has 36 heavy (non-hydrogen) atoms. The molecule has 0 saturated carbocycles. The Balaban J connectivity index is 1.11. The SMILES string of the molecule is CN1CCN(CCCNC(=O)CCC[C@@H]2[C@H]3CCCN4CCC[C@@H](CN2Cc2ccccc2)[C@@H]34)CC1. The molecule has 4 heterocycles. The van der Waals surface area contributed by atoms with Crippen molar-refractivity contribution >= 4 is 5.91 Å². The van der Waals surface area contributed by atoms with E-state index in [1.807, 2.05) is 0 Å². The number of likely N-dealkylation sites (N-methyl/N-ethyl adjacent to an activating group) is 1. The number of rotatable bonds is 10. The molecule has 0 aromatic heterocycles. The van der Waals surface area contributed by atoms with Crippen LogP contribution in [-0.4, -0.2) is 104 Å². The van der Waals surface area contributed by atoms with E-state index >= 15 is 0 Å². The molecular formula is C30H49N5O. The predicted octanol–water partition coefficient (Wildman–Crippen LogP) is 3.29. The molecular weight excluding hydrogens is 446 g/mol. The van der Waals surface area contributed by atoms with Crippen LogP contribution in [0.1, 0.15) is 56.9 Å². The van der Waals surface area contributed by atoms with E-state index < -0.39 is 0 Å². The minimum Gasteiger partial charge on any atom is -0.356 e. The first-order valence-corrected chi connectivity index (χ1v) is 14.9. The van der Waals surface area contributed by atoms with Crippen LogP contribution in [0.2, 0.25) is 0 Å². The zero-order valence-corrected chi connectivity index (χ0v) is 22.6. The first kappa shape index (κ1) is 26.1. The Labute approximate surface area is 219 Å². The van der Waals surface area contributed by atoms with Crippen LogP contribution < -0.4 is 5.32 Å². The maximum Gasteiger partial charge on any atom is 0.219 e. The summed E-state index contributed by atoms with van der Waals surface area (Å²) in [6.07, 6.45) is 9.37. The molecule has 4 saturated heterocycles. The third kappa shape index (κ3) is 6.69. The largest absolute Gasteiger partial charge is 0.356 e. The maximum absolute atomic E-state index is 12.6. The average molecular weight is 496 g/mol. The topological polar surface area (TPSA) is 42.1 Å². The molecule has 0 aliphatic carbocycles. The van der Waals surface area contributed by atoms with Gasteiger partial charge in [-0.05, 0) is 89.0 Å². The zero-order valence-electron chi connectivity index (χ0n) is 22.6. The normalized spacial score (nSPS) is 30.1. The van der Waals surface area contributed by atoms with Gasteiger partial charge in [-0.25, -0.2) is 0 Å². The van der Waals surface area contributed by atoms with Crippen LogP contribution in [0.15, 0.2) is 30.3 Å². The van der Waals surface area contributed by atoms with E-state index in [0.29, 0.717) is 12.5 Å². The van der Waals surface area contributed by atoms with Crippen molar-refractivity contribution < 1.29 is 4.79 Å². The number of hydrogen-bond acceptors (Lipinski definition) is 5. The molecule has 4 fully saturated rings. The van der Waals surface area contributed by atoms with E-state index in [1.54, 1.807) is 0 Å². The minimum atomic E-state index is 0.250. The highest BCUT2D eigenvalue weighted by molar-refractivity contribution is 5.75. The fourth-order valence-corrected chi connectivity index (χ4v) is 7.64. The molecule has 0 bridgehead atoms. The molecule has 0 radical (unpaired) electrons. The standard InChI is InChI=1S/C30H49N5O/c1-32-19-21-33(22-20-32)16-8-15-31-29(36)14-5-13-28-27-12-7-18-34-17-6-11-26(30(27)34)24-35(28)23-25-9-3-2-4-10-25/h2-4,9-10,26-28,30H,5-8,11-24H2,1H3,(H,31,36)/t26-,27+,28+,30-/m0/s1. The monoisotopic (exact) mass is 495 g/mol. The van der Waals surface area contributed by atoms with Gasteiger partial charge in [0.2, 0.25) is 5.91 Å². The van der Waals surface area contributed by atoms with Crippen molar-refractivity contribution in [3.05, 3.63) is 35.9 Å². The van der Waals surface area contributed by atoms with Crippen LogP contribution in [0.5, 0.6) is 0 Å². The van der Waals surface area contributed by atoms with Crippen molar-refractivity contribution in [3.63, 3.8) is 0 Å². The lowest BCUT2D eigenvalue weighted by molar-refractivity contribution is -0.121. The van der Waals surface area contributed by atoms with Crippen molar-refractivity contribution in [2.45, 2.75) is 70.0 Å². The Bertz CT molecular complexity index is 809. The van der Waals surface area contributed by atoms with E-state index in [4.69, 9.17) is 0 Å². The summed E-state index contributed by atoms with van der Waals surface area (Å²) in [7, 11) is 2.20. The van der Waals surface area contributed by atoms with Crippen molar-refractivity contribution in [3.8, 4) is 0 Å². The highest BCUT2D eigenvalue weighted by Gasteiger charge is 2.48. The molecule has 6 heteroatoms. The summed E-state index contributed by atoms with van der Waals surface area (Å²) in [6, 6.07) is 12.4. The van der Waals surface area contributed by atoms with Gasteiger partial charge >= 0.3 is 0 Å². The predicted molar refractivity (Wildman–Crippen MR) is 147 cm³/mol. The number of benzene rings is 1. The van der Waals surface area contributed by atoms with Crippen LogP contribution in [0.3, 0.4) is 0 Å². The number of nitrogens with one attached hydrogen (secondary N) is 1. The highest BCUT2D eigenvalue weighted by Crippen LogP contribution is 2.43. The molecule has 5 rings (SSSR count). The van der Waals surface area contributed by atoms with Gasteiger partial charge < -0.3 is 15.1 Å². The Morgan fingerprint density at radius 1 is 0.972 bits per heavy atom. The van der Waals surface area contributed by atoms with E-state index in [2.05, 4.69) is 62.3 Å². The third-order valence-electron chi connectivity index (χ3n) is 9.48. The van der Waals surface area contributed by atoms with Gasteiger partial charge in [0.15, 0.2) is 0 Å². The van der Waals surface area contributed by atoms with Gasteiger partial charge in [0.05, 0.1) is 0 Å². The molecule has 0 unspecified atom stereocenters. The second kappa shape index (κ2) is 12.9. The smallest absolute Gasteiger partial charge is 0.219 e. The third-order valence-corrected chi connectivity index (χ3v) is 9.48. The first-order chi connectivity index (χ1) is 17.7. The molecule has 1 N–H and O–H groups in total. The Morgan fingerprint density at radius 2 is 1.75 bits per heavy atom. The number of carbonyl (C=O) groups is 1. The van der Waals surface area contributed by atoms with E-state index in [0.717, 1.165) is 83.0 Å². The number of carbonyl (C=O) groups excluding carboxylic acids is 1. The molecule has 1 amide bonds. The minimum absolute atomic E-state index is 0.250. The Hall–Kier alpha value is -1.47.